The second kappa shape index (κ2) is 8.86. The van der Waals surface area contributed by atoms with Crippen LogP contribution in [0.5, 0.6) is 0 Å². The fourth-order valence-corrected chi connectivity index (χ4v) is 1.87. The summed E-state index contributed by atoms with van der Waals surface area (Å²) in [6.07, 6.45) is 4.61. The van der Waals surface area contributed by atoms with Crippen molar-refractivity contribution in [3.05, 3.63) is 34.9 Å². The van der Waals surface area contributed by atoms with Crippen LogP contribution in [0.25, 0.3) is 0 Å². The lowest BCUT2D eigenvalue weighted by molar-refractivity contribution is 0.117. The zero-order valence-corrected chi connectivity index (χ0v) is 10.9. The van der Waals surface area contributed by atoms with Gasteiger partial charge in [-0.05, 0) is 30.5 Å². The first-order valence-electron chi connectivity index (χ1n) is 5.71. The molecule has 1 aromatic rings. The number of rotatable bonds is 8. The van der Waals surface area contributed by atoms with Crippen molar-refractivity contribution in [3.63, 3.8) is 0 Å². The Bertz CT molecular complexity index is 289. The molecule has 0 spiro atoms. The summed E-state index contributed by atoms with van der Waals surface area (Å²) in [4.78, 5) is 0. The van der Waals surface area contributed by atoms with Crippen LogP contribution in [-0.4, -0.2) is 12.5 Å². The van der Waals surface area contributed by atoms with Crippen LogP contribution in [0.15, 0.2) is 24.3 Å². The largest absolute Gasteiger partial charge is 0.377 e. The SMILES string of the molecule is ClCCCCCCOCc1cccc(Cl)c1. The highest BCUT2D eigenvalue weighted by Crippen LogP contribution is 2.11. The Hall–Kier alpha value is -0.240. The van der Waals surface area contributed by atoms with Crippen molar-refractivity contribution in [2.24, 2.45) is 0 Å². The number of hydrogen-bond acceptors (Lipinski definition) is 1. The second-order valence-electron chi connectivity index (χ2n) is 3.79. The van der Waals surface area contributed by atoms with E-state index in [1.807, 2.05) is 24.3 Å². The van der Waals surface area contributed by atoms with E-state index in [0.29, 0.717) is 6.61 Å². The molecule has 16 heavy (non-hydrogen) atoms. The molecule has 0 aromatic heterocycles. The minimum absolute atomic E-state index is 0.649. The summed E-state index contributed by atoms with van der Waals surface area (Å²) in [5.74, 6) is 0.767. The van der Waals surface area contributed by atoms with E-state index >= 15 is 0 Å². The molecule has 0 aliphatic rings. The van der Waals surface area contributed by atoms with Crippen molar-refractivity contribution in [1.82, 2.24) is 0 Å². The van der Waals surface area contributed by atoms with Gasteiger partial charge in [0, 0.05) is 17.5 Å². The lowest BCUT2D eigenvalue weighted by Crippen LogP contribution is -1.95. The Morgan fingerprint density at radius 1 is 1.06 bits per heavy atom. The van der Waals surface area contributed by atoms with Gasteiger partial charge in [-0.25, -0.2) is 0 Å². The number of benzene rings is 1. The predicted molar refractivity (Wildman–Crippen MR) is 70.3 cm³/mol. The van der Waals surface area contributed by atoms with Gasteiger partial charge in [0.15, 0.2) is 0 Å². The van der Waals surface area contributed by atoms with Crippen molar-refractivity contribution in [3.8, 4) is 0 Å². The molecule has 0 atom stereocenters. The Balaban J connectivity index is 2.03. The highest BCUT2D eigenvalue weighted by Gasteiger charge is 1.95. The predicted octanol–water partition coefficient (Wildman–Crippen LogP) is 4.66. The van der Waals surface area contributed by atoms with Gasteiger partial charge in [0.25, 0.3) is 0 Å². The molecule has 0 saturated heterocycles. The lowest BCUT2D eigenvalue weighted by atomic mass is 10.2. The normalized spacial score (nSPS) is 10.6. The van der Waals surface area contributed by atoms with Gasteiger partial charge in [-0.3, -0.25) is 0 Å². The Morgan fingerprint density at radius 3 is 2.62 bits per heavy atom. The molecule has 0 unspecified atom stereocenters. The maximum Gasteiger partial charge on any atom is 0.0717 e. The zero-order chi connectivity index (χ0) is 11.6. The molecule has 3 heteroatoms. The van der Waals surface area contributed by atoms with Gasteiger partial charge in [-0.15, -0.1) is 11.6 Å². The third-order valence-corrected chi connectivity index (χ3v) is 2.83. The van der Waals surface area contributed by atoms with E-state index in [-0.39, 0.29) is 0 Å². The van der Waals surface area contributed by atoms with Crippen LogP contribution in [0, 0.1) is 0 Å². The van der Waals surface area contributed by atoms with Crippen LogP contribution in [-0.2, 0) is 11.3 Å². The summed E-state index contributed by atoms with van der Waals surface area (Å²) < 4.78 is 5.56. The quantitative estimate of drug-likeness (QED) is 0.488. The van der Waals surface area contributed by atoms with Crippen LogP contribution in [0.4, 0.5) is 0 Å². The lowest BCUT2D eigenvalue weighted by Gasteiger charge is -2.04. The minimum atomic E-state index is 0.649. The summed E-state index contributed by atoms with van der Waals surface area (Å²) in [6.45, 7) is 1.46. The minimum Gasteiger partial charge on any atom is -0.377 e. The molecule has 90 valence electrons. The third kappa shape index (κ3) is 6.37. The van der Waals surface area contributed by atoms with Crippen molar-refractivity contribution < 1.29 is 4.74 Å². The molecule has 0 aliphatic heterocycles. The topological polar surface area (TPSA) is 9.23 Å². The second-order valence-corrected chi connectivity index (χ2v) is 4.60. The Kier molecular flexibility index (Phi) is 7.65. The molecular formula is C13H18Cl2O. The summed E-state index contributed by atoms with van der Waals surface area (Å²) >= 11 is 11.5. The molecule has 0 N–H and O–H groups in total. The van der Waals surface area contributed by atoms with Crippen molar-refractivity contribution in [1.29, 1.82) is 0 Å². The summed E-state index contributed by atoms with van der Waals surface area (Å²) in [7, 11) is 0. The van der Waals surface area contributed by atoms with Crippen LogP contribution < -0.4 is 0 Å². The van der Waals surface area contributed by atoms with E-state index < -0.39 is 0 Å². The smallest absolute Gasteiger partial charge is 0.0717 e. The van der Waals surface area contributed by atoms with Gasteiger partial charge in [-0.2, -0.15) is 0 Å². The van der Waals surface area contributed by atoms with Crippen molar-refractivity contribution >= 4 is 23.2 Å². The van der Waals surface area contributed by atoms with E-state index in [2.05, 4.69) is 0 Å². The number of halogens is 2. The molecular weight excluding hydrogens is 243 g/mol. The number of ether oxygens (including phenoxy) is 1. The highest BCUT2D eigenvalue weighted by atomic mass is 35.5. The van der Waals surface area contributed by atoms with Gasteiger partial charge >= 0.3 is 0 Å². The van der Waals surface area contributed by atoms with E-state index in [0.717, 1.165) is 35.9 Å². The van der Waals surface area contributed by atoms with Crippen molar-refractivity contribution in [2.75, 3.05) is 12.5 Å². The number of hydrogen-bond donors (Lipinski definition) is 0. The summed E-state index contributed by atoms with van der Waals surface area (Å²) in [6, 6.07) is 7.78. The zero-order valence-electron chi connectivity index (χ0n) is 9.42. The summed E-state index contributed by atoms with van der Waals surface area (Å²) in [5, 5.41) is 0.767. The molecule has 1 rings (SSSR count). The van der Waals surface area contributed by atoms with Gasteiger partial charge in [0.05, 0.1) is 6.61 Å². The van der Waals surface area contributed by atoms with Crippen molar-refractivity contribution in [2.45, 2.75) is 32.3 Å². The van der Waals surface area contributed by atoms with Crippen LogP contribution in [0.2, 0.25) is 5.02 Å². The standard InChI is InChI=1S/C13H18Cl2O/c14-8-3-1-2-4-9-16-11-12-6-5-7-13(15)10-12/h5-7,10H,1-4,8-9,11H2. The molecule has 1 aromatic carbocycles. The van der Waals surface area contributed by atoms with E-state index in [9.17, 15) is 0 Å². The molecule has 1 nitrogen and oxygen atoms in total. The number of unbranched alkanes of at least 4 members (excludes halogenated alkanes) is 3. The maximum atomic E-state index is 5.87. The van der Waals surface area contributed by atoms with Gasteiger partial charge in [-0.1, -0.05) is 36.6 Å². The van der Waals surface area contributed by atoms with Crippen LogP contribution >= 0.6 is 23.2 Å². The fraction of sp³-hybridized carbons (Fsp3) is 0.538. The van der Waals surface area contributed by atoms with Crippen LogP contribution in [0.1, 0.15) is 31.2 Å². The number of alkyl halides is 1. The molecule has 0 amide bonds. The first-order chi connectivity index (χ1) is 7.83. The monoisotopic (exact) mass is 260 g/mol. The fourth-order valence-electron chi connectivity index (χ4n) is 1.47. The Labute approximate surface area is 108 Å². The molecule has 0 heterocycles. The molecule has 0 aliphatic carbocycles. The van der Waals surface area contributed by atoms with Crippen LogP contribution in [0.3, 0.4) is 0 Å². The maximum absolute atomic E-state index is 5.87. The van der Waals surface area contributed by atoms with E-state index in [1.54, 1.807) is 0 Å². The average molecular weight is 261 g/mol. The summed E-state index contributed by atoms with van der Waals surface area (Å²) in [5.41, 5.74) is 1.13. The first-order valence-corrected chi connectivity index (χ1v) is 6.62. The Morgan fingerprint density at radius 2 is 1.88 bits per heavy atom. The molecule has 0 radical (unpaired) electrons. The van der Waals surface area contributed by atoms with Gasteiger partial charge < -0.3 is 4.74 Å². The molecule has 0 fully saturated rings. The molecule has 0 saturated carbocycles. The molecule has 0 bridgehead atoms. The third-order valence-electron chi connectivity index (χ3n) is 2.33. The van der Waals surface area contributed by atoms with E-state index in [1.165, 1.54) is 12.8 Å². The van der Waals surface area contributed by atoms with Gasteiger partial charge in [0.1, 0.15) is 0 Å². The van der Waals surface area contributed by atoms with E-state index in [4.69, 9.17) is 27.9 Å². The first kappa shape index (κ1) is 13.8. The highest BCUT2D eigenvalue weighted by molar-refractivity contribution is 6.30. The average Bonchev–Trinajstić information content (AvgIpc) is 2.28. The van der Waals surface area contributed by atoms with Gasteiger partial charge in [0.2, 0.25) is 0 Å².